The van der Waals surface area contributed by atoms with Crippen LogP contribution in [0, 0.1) is 0 Å². The number of pyridine rings is 1. The number of methoxy groups -OCH3 is 1. The van der Waals surface area contributed by atoms with Crippen molar-refractivity contribution in [2.24, 2.45) is 0 Å². The first-order valence-electron chi connectivity index (χ1n) is 10.4. The van der Waals surface area contributed by atoms with Crippen molar-refractivity contribution in [3.63, 3.8) is 0 Å². The molecule has 0 saturated carbocycles. The molecule has 2 aromatic carbocycles. The Bertz CT molecular complexity index is 1130. The lowest BCUT2D eigenvalue weighted by Crippen LogP contribution is -2.04. The van der Waals surface area contributed by atoms with Gasteiger partial charge in [-0.25, -0.2) is 4.98 Å². The van der Waals surface area contributed by atoms with Gasteiger partial charge in [-0.05, 0) is 41.7 Å². The van der Waals surface area contributed by atoms with Gasteiger partial charge in [0, 0.05) is 30.2 Å². The van der Waals surface area contributed by atoms with Gasteiger partial charge in [0.2, 0.25) is 0 Å². The molecule has 0 fully saturated rings. The molecular formula is C26H26N4O. The molecule has 0 spiro atoms. The van der Waals surface area contributed by atoms with Gasteiger partial charge in [0.1, 0.15) is 5.75 Å². The van der Waals surface area contributed by atoms with E-state index in [0.717, 1.165) is 35.6 Å². The van der Waals surface area contributed by atoms with Crippen molar-refractivity contribution >= 4 is 5.69 Å². The van der Waals surface area contributed by atoms with E-state index in [9.17, 15) is 0 Å². The summed E-state index contributed by atoms with van der Waals surface area (Å²) in [5.74, 6) is 1.02. The van der Waals surface area contributed by atoms with Crippen LogP contribution in [0.25, 0.3) is 11.3 Å². The van der Waals surface area contributed by atoms with E-state index in [2.05, 4.69) is 70.7 Å². The average Bonchev–Trinajstić information content (AvgIpc) is 2.84. The van der Waals surface area contributed by atoms with E-state index in [1.54, 1.807) is 25.7 Å². The van der Waals surface area contributed by atoms with Crippen LogP contribution in [-0.2, 0) is 13.0 Å². The van der Waals surface area contributed by atoms with Crippen molar-refractivity contribution in [2.75, 3.05) is 12.4 Å². The predicted molar refractivity (Wildman–Crippen MR) is 124 cm³/mol. The monoisotopic (exact) mass is 410 g/mol. The zero-order chi connectivity index (χ0) is 21.5. The van der Waals surface area contributed by atoms with Gasteiger partial charge in [0.05, 0.1) is 30.9 Å². The van der Waals surface area contributed by atoms with Crippen LogP contribution in [0.3, 0.4) is 0 Å². The summed E-state index contributed by atoms with van der Waals surface area (Å²) in [7, 11) is 1.63. The highest BCUT2D eigenvalue weighted by Crippen LogP contribution is 2.25. The van der Waals surface area contributed by atoms with Crippen molar-refractivity contribution in [2.45, 2.75) is 25.8 Å². The molecule has 4 aromatic rings. The van der Waals surface area contributed by atoms with Crippen LogP contribution < -0.4 is 10.1 Å². The Balaban J connectivity index is 1.45. The number of benzene rings is 2. The van der Waals surface area contributed by atoms with Gasteiger partial charge < -0.3 is 10.1 Å². The maximum Gasteiger partial charge on any atom is 0.137 e. The molecule has 0 aliphatic heterocycles. The van der Waals surface area contributed by atoms with Crippen molar-refractivity contribution < 1.29 is 4.74 Å². The molecule has 1 N–H and O–H groups in total. The van der Waals surface area contributed by atoms with Gasteiger partial charge in [-0.15, -0.1) is 0 Å². The second-order valence-electron chi connectivity index (χ2n) is 7.58. The summed E-state index contributed by atoms with van der Waals surface area (Å²) >= 11 is 0. The number of anilines is 1. The highest BCUT2D eigenvalue weighted by atomic mass is 16.5. The number of nitrogens with one attached hydrogen (secondary N) is 1. The standard InChI is InChI=1S/C26H26N4O/c1-19(21-9-6-10-23(12-21)29-14-20-7-4-3-5-8-20)11-24-16-28-18-26(30-24)22-13-25(31-2)17-27-15-22/h3-10,12-13,15-19,29H,11,14H2,1-2H3/t19-/m1/s1. The second kappa shape index (κ2) is 9.85. The molecule has 2 heterocycles. The van der Waals surface area contributed by atoms with Gasteiger partial charge >= 0.3 is 0 Å². The molecule has 0 unspecified atom stereocenters. The lowest BCUT2D eigenvalue weighted by atomic mass is 9.96. The maximum absolute atomic E-state index is 5.27. The smallest absolute Gasteiger partial charge is 0.137 e. The van der Waals surface area contributed by atoms with E-state index < -0.39 is 0 Å². The summed E-state index contributed by atoms with van der Waals surface area (Å²) in [6, 6.07) is 20.9. The van der Waals surface area contributed by atoms with Crippen molar-refractivity contribution in [3.05, 3.63) is 102 Å². The number of hydrogen-bond acceptors (Lipinski definition) is 5. The minimum Gasteiger partial charge on any atom is -0.495 e. The number of hydrogen-bond donors (Lipinski definition) is 1. The summed E-state index contributed by atoms with van der Waals surface area (Å²) in [5, 5.41) is 3.51. The largest absolute Gasteiger partial charge is 0.495 e. The summed E-state index contributed by atoms with van der Waals surface area (Å²) in [5.41, 5.74) is 6.31. The third-order valence-corrected chi connectivity index (χ3v) is 5.24. The lowest BCUT2D eigenvalue weighted by molar-refractivity contribution is 0.413. The molecule has 0 aliphatic carbocycles. The van der Waals surface area contributed by atoms with E-state index in [1.165, 1.54) is 11.1 Å². The van der Waals surface area contributed by atoms with Gasteiger partial charge in [-0.2, -0.15) is 0 Å². The van der Waals surface area contributed by atoms with Crippen molar-refractivity contribution in [3.8, 4) is 17.0 Å². The van der Waals surface area contributed by atoms with Crippen LogP contribution in [0.15, 0.2) is 85.5 Å². The highest BCUT2D eigenvalue weighted by molar-refractivity contribution is 5.58. The van der Waals surface area contributed by atoms with Crippen LogP contribution >= 0.6 is 0 Å². The first-order chi connectivity index (χ1) is 15.2. The predicted octanol–water partition coefficient (Wildman–Crippen LogP) is 5.51. The molecule has 5 heteroatoms. The maximum atomic E-state index is 5.27. The molecule has 0 bridgehead atoms. The van der Waals surface area contributed by atoms with Gasteiger partial charge in [0.25, 0.3) is 0 Å². The third kappa shape index (κ3) is 5.45. The average molecular weight is 411 g/mol. The molecule has 0 amide bonds. The second-order valence-corrected chi connectivity index (χ2v) is 7.58. The Morgan fingerprint density at radius 2 is 1.74 bits per heavy atom. The van der Waals surface area contributed by atoms with Crippen LogP contribution in [0.1, 0.15) is 29.7 Å². The Labute approximate surface area is 183 Å². The Morgan fingerprint density at radius 3 is 2.58 bits per heavy atom. The Morgan fingerprint density at radius 1 is 0.903 bits per heavy atom. The zero-order valence-electron chi connectivity index (χ0n) is 17.8. The van der Waals surface area contributed by atoms with Gasteiger partial charge in [-0.3, -0.25) is 9.97 Å². The fourth-order valence-electron chi connectivity index (χ4n) is 3.50. The summed E-state index contributed by atoms with van der Waals surface area (Å²) in [6.45, 7) is 3.03. The minimum absolute atomic E-state index is 0.312. The van der Waals surface area contributed by atoms with E-state index in [4.69, 9.17) is 9.72 Å². The normalized spacial score (nSPS) is 11.7. The van der Waals surface area contributed by atoms with Crippen LogP contribution in [-0.4, -0.2) is 22.1 Å². The molecule has 0 radical (unpaired) electrons. The van der Waals surface area contributed by atoms with E-state index in [0.29, 0.717) is 11.7 Å². The molecule has 0 saturated heterocycles. The van der Waals surface area contributed by atoms with E-state index in [1.807, 2.05) is 18.3 Å². The number of aromatic nitrogens is 3. The Hall–Kier alpha value is -3.73. The van der Waals surface area contributed by atoms with E-state index >= 15 is 0 Å². The minimum atomic E-state index is 0.312. The molecule has 0 aliphatic rings. The fourth-order valence-corrected chi connectivity index (χ4v) is 3.50. The van der Waals surface area contributed by atoms with Crippen LogP contribution in [0.5, 0.6) is 5.75 Å². The van der Waals surface area contributed by atoms with E-state index in [-0.39, 0.29) is 0 Å². The molecule has 1 atom stereocenters. The Kier molecular flexibility index (Phi) is 6.53. The third-order valence-electron chi connectivity index (χ3n) is 5.24. The topological polar surface area (TPSA) is 59.9 Å². The SMILES string of the molecule is COc1cncc(-c2cncc(C[C@@H](C)c3cccc(NCc4ccccc4)c3)n2)c1. The highest BCUT2D eigenvalue weighted by Gasteiger charge is 2.11. The number of rotatable bonds is 8. The number of ether oxygens (including phenoxy) is 1. The van der Waals surface area contributed by atoms with Crippen LogP contribution in [0.4, 0.5) is 5.69 Å². The first kappa shape index (κ1) is 20.5. The van der Waals surface area contributed by atoms with Crippen LogP contribution in [0.2, 0.25) is 0 Å². The molecule has 2 aromatic heterocycles. The molecular weight excluding hydrogens is 384 g/mol. The molecule has 4 rings (SSSR count). The quantitative estimate of drug-likeness (QED) is 0.415. The molecule has 31 heavy (non-hydrogen) atoms. The van der Waals surface area contributed by atoms with Crippen molar-refractivity contribution in [1.82, 2.24) is 15.0 Å². The fraction of sp³-hybridized carbons (Fsp3) is 0.192. The number of nitrogens with zero attached hydrogens (tertiary/aromatic N) is 3. The molecule has 5 nitrogen and oxygen atoms in total. The summed E-state index contributed by atoms with van der Waals surface area (Å²) in [6.07, 6.45) is 7.87. The molecule has 156 valence electrons. The first-order valence-corrected chi connectivity index (χ1v) is 10.4. The zero-order valence-corrected chi connectivity index (χ0v) is 17.8. The summed E-state index contributed by atoms with van der Waals surface area (Å²) < 4.78 is 5.27. The van der Waals surface area contributed by atoms with Gasteiger partial charge in [-0.1, -0.05) is 49.4 Å². The lowest BCUT2D eigenvalue weighted by Gasteiger charge is -2.14. The van der Waals surface area contributed by atoms with Crippen molar-refractivity contribution in [1.29, 1.82) is 0 Å². The van der Waals surface area contributed by atoms with Gasteiger partial charge in [0.15, 0.2) is 0 Å². The summed E-state index contributed by atoms with van der Waals surface area (Å²) in [4.78, 5) is 13.4.